The fraction of sp³-hybridized carbons (Fsp3) is 0.133. The number of nitrogen functional groups attached to an aromatic ring is 1. The van der Waals surface area contributed by atoms with E-state index in [4.69, 9.17) is 15.0 Å². The van der Waals surface area contributed by atoms with Crippen molar-refractivity contribution in [3.8, 4) is 28.2 Å². The van der Waals surface area contributed by atoms with Gasteiger partial charge in [-0.25, -0.2) is 0 Å². The number of anilines is 1. The first-order valence-electron chi connectivity index (χ1n) is 6.13. The van der Waals surface area contributed by atoms with E-state index in [0.29, 0.717) is 11.6 Å². The molecular formula is C15H14N2O2S. The van der Waals surface area contributed by atoms with Crippen molar-refractivity contribution >= 4 is 17.2 Å². The Kier molecular flexibility index (Phi) is 3.20. The van der Waals surface area contributed by atoms with Gasteiger partial charge in [0.25, 0.3) is 0 Å². The molecule has 0 saturated heterocycles. The predicted molar refractivity (Wildman–Crippen MR) is 81.0 cm³/mol. The number of ether oxygens (including phenoxy) is 1. The number of aryl methyl sites for hydroxylation is 1. The van der Waals surface area contributed by atoms with Gasteiger partial charge in [-0.05, 0) is 30.5 Å². The van der Waals surface area contributed by atoms with E-state index in [1.165, 1.54) is 0 Å². The van der Waals surface area contributed by atoms with Crippen molar-refractivity contribution in [1.29, 1.82) is 0 Å². The highest BCUT2D eigenvalue weighted by atomic mass is 32.1. The number of benzene rings is 1. The summed E-state index contributed by atoms with van der Waals surface area (Å²) in [5, 5.41) is 7.90. The van der Waals surface area contributed by atoms with E-state index in [2.05, 4.69) is 5.16 Å². The van der Waals surface area contributed by atoms with Gasteiger partial charge in [0.05, 0.1) is 12.7 Å². The van der Waals surface area contributed by atoms with Crippen LogP contribution in [0.4, 0.5) is 5.82 Å². The third kappa shape index (κ3) is 2.06. The van der Waals surface area contributed by atoms with Crippen LogP contribution >= 0.6 is 11.3 Å². The van der Waals surface area contributed by atoms with Crippen LogP contribution in [0.5, 0.6) is 5.75 Å². The Bertz CT molecular complexity index is 732. The summed E-state index contributed by atoms with van der Waals surface area (Å²) in [5.41, 5.74) is 9.77. The summed E-state index contributed by atoms with van der Waals surface area (Å²) in [4.78, 5) is 0. The van der Waals surface area contributed by atoms with Crippen LogP contribution in [0.25, 0.3) is 22.5 Å². The first kappa shape index (κ1) is 12.7. The molecule has 0 aliphatic rings. The Hall–Kier alpha value is -2.27. The van der Waals surface area contributed by atoms with Crippen molar-refractivity contribution in [2.45, 2.75) is 6.92 Å². The second-order valence-electron chi connectivity index (χ2n) is 4.49. The molecule has 2 aromatic heterocycles. The maximum absolute atomic E-state index is 6.00. The van der Waals surface area contributed by atoms with Gasteiger partial charge in [0, 0.05) is 16.5 Å². The van der Waals surface area contributed by atoms with Gasteiger partial charge in [0.2, 0.25) is 0 Å². The highest BCUT2D eigenvalue weighted by molar-refractivity contribution is 7.08. The maximum Gasteiger partial charge on any atom is 0.177 e. The number of nitrogens with two attached hydrogens (primary N) is 1. The Morgan fingerprint density at radius 1 is 1.30 bits per heavy atom. The molecule has 0 aliphatic carbocycles. The van der Waals surface area contributed by atoms with Crippen molar-refractivity contribution in [2.24, 2.45) is 0 Å². The molecule has 1 aromatic carbocycles. The molecule has 0 amide bonds. The Balaban J connectivity index is 2.25. The summed E-state index contributed by atoms with van der Waals surface area (Å²) in [5.74, 6) is 1.80. The lowest BCUT2D eigenvalue weighted by Gasteiger charge is -2.09. The molecule has 2 heterocycles. The summed E-state index contributed by atoms with van der Waals surface area (Å²) in [7, 11) is 1.64. The van der Waals surface area contributed by atoms with Gasteiger partial charge in [-0.3, -0.25) is 0 Å². The highest BCUT2D eigenvalue weighted by Crippen LogP contribution is 2.41. The normalized spacial score (nSPS) is 10.7. The number of methoxy groups -OCH3 is 1. The van der Waals surface area contributed by atoms with Gasteiger partial charge in [-0.2, -0.15) is 11.3 Å². The molecule has 20 heavy (non-hydrogen) atoms. The molecule has 0 unspecified atom stereocenters. The smallest absolute Gasteiger partial charge is 0.177 e. The van der Waals surface area contributed by atoms with Crippen LogP contribution in [0.1, 0.15) is 5.56 Å². The third-order valence-corrected chi connectivity index (χ3v) is 3.81. The Labute approximate surface area is 120 Å². The molecule has 0 radical (unpaired) electrons. The summed E-state index contributed by atoms with van der Waals surface area (Å²) in [6.07, 6.45) is 0. The maximum atomic E-state index is 6.00. The van der Waals surface area contributed by atoms with E-state index in [1.54, 1.807) is 18.4 Å². The van der Waals surface area contributed by atoms with Crippen LogP contribution < -0.4 is 10.5 Å². The van der Waals surface area contributed by atoms with Crippen LogP contribution in [0.15, 0.2) is 39.5 Å². The molecule has 5 heteroatoms. The van der Waals surface area contributed by atoms with Crippen molar-refractivity contribution in [3.05, 3.63) is 40.6 Å². The zero-order chi connectivity index (χ0) is 14.1. The van der Waals surface area contributed by atoms with Gasteiger partial charge in [0.15, 0.2) is 11.6 Å². The van der Waals surface area contributed by atoms with E-state index in [9.17, 15) is 0 Å². The molecule has 0 aliphatic heterocycles. The van der Waals surface area contributed by atoms with Gasteiger partial charge < -0.3 is 15.0 Å². The van der Waals surface area contributed by atoms with Crippen LogP contribution in [-0.2, 0) is 0 Å². The molecule has 0 atom stereocenters. The first-order valence-corrected chi connectivity index (χ1v) is 7.07. The molecule has 0 fully saturated rings. The van der Waals surface area contributed by atoms with Crippen molar-refractivity contribution in [3.63, 3.8) is 0 Å². The summed E-state index contributed by atoms with van der Waals surface area (Å²) in [6, 6.07) is 7.93. The molecule has 3 aromatic rings. The Morgan fingerprint density at radius 3 is 2.85 bits per heavy atom. The van der Waals surface area contributed by atoms with Crippen LogP contribution in [0.3, 0.4) is 0 Å². The number of nitrogens with zero attached hydrogens (tertiary/aromatic N) is 1. The number of aromatic nitrogens is 1. The SMILES string of the molecule is COc1ccc(C)cc1-c1c(N)noc1-c1ccsc1. The van der Waals surface area contributed by atoms with Crippen LogP contribution in [-0.4, -0.2) is 12.3 Å². The molecule has 0 bridgehead atoms. The van der Waals surface area contributed by atoms with E-state index in [-0.39, 0.29) is 0 Å². The van der Waals surface area contributed by atoms with Gasteiger partial charge in [0.1, 0.15) is 5.75 Å². The zero-order valence-electron chi connectivity index (χ0n) is 11.2. The summed E-state index contributed by atoms with van der Waals surface area (Å²) >= 11 is 1.60. The van der Waals surface area contributed by atoms with E-state index >= 15 is 0 Å². The average Bonchev–Trinajstić information content (AvgIpc) is 3.07. The van der Waals surface area contributed by atoms with Gasteiger partial charge in [-0.15, -0.1) is 0 Å². The number of hydrogen-bond acceptors (Lipinski definition) is 5. The molecular weight excluding hydrogens is 272 g/mol. The average molecular weight is 286 g/mol. The van der Waals surface area contributed by atoms with Crippen molar-refractivity contribution in [2.75, 3.05) is 12.8 Å². The van der Waals surface area contributed by atoms with E-state index in [0.717, 1.165) is 28.0 Å². The van der Waals surface area contributed by atoms with E-state index in [1.807, 2.05) is 41.9 Å². The second-order valence-corrected chi connectivity index (χ2v) is 5.27. The summed E-state index contributed by atoms with van der Waals surface area (Å²) < 4.78 is 10.8. The van der Waals surface area contributed by atoms with Gasteiger partial charge in [-0.1, -0.05) is 16.8 Å². The fourth-order valence-electron chi connectivity index (χ4n) is 2.17. The summed E-state index contributed by atoms with van der Waals surface area (Å²) in [6.45, 7) is 2.02. The monoisotopic (exact) mass is 286 g/mol. The fourth-order valence-corrected chi connectivity index (χ4v) is 2.81. The minimum Gasteiger partial charge on any atom is -0.496 e. The predicted octanol–water partition coefficient (Wildman–Crippen LogP) is 3.97. The van der Waals surface area contributed by atoms with Crippen molar-refractivity contribution < 1.29 is 9.26 Å². The molecule has 4 nitrogen and oxygen atoms in total. The lowest BCUT2D eigenvalue weighted by molar-refractivity contribution is 0.416. The quantitative estimate of drug-likeness (QED) is 0.791. The largest absolute Gasteiger partial charge is 0.496 e. The minimum atomic E-state index is 0.370. The Morgan fingerprint density at radius 2 is 2.15 bits per heavy atom. The number of rotatable bonds is 3. The third-order valence-electron chi connectivity index (χ3n) is 3.13. The highest BCUT2D eigenvalue weighted by Gasteiger charge is 2.21. The standard InChI is InChI=1S/C15H14N2O2S/c1-9-3-4-12(18-2)11(7-9)13-14(19-17-15(13)16)10-5-6-20-8-10/h3-8H,1-2H3,(H2,16,17). The molecule has 2 N–H and O–H groups in total. The minimum absolute atomic E-state index is 0.370. The second kappa shape index (κ2) is 5.02. The molecule has 102 valence electrons. The lowest BCUT2D eigenvalue weighted by Crippen LogP contribution is -1.93. The molecule has 0 spiro atoms. The lowest BCUT2D eigenvalue weighted by atomic mass is 10.00. The van der Waals surface area contributed by atoms with Gasteiger partial charge >= 0.3 is 0 Å². The number of thiophene rings is 1. The van der Waals surface area contributed by atoms with Crippen LogP contribution in [0.2, 0.25) is 0 Å². The number of hydrogen-bond donors (Lipinski definition) is 1. The molecule has 3 rings (SSSR count). The van der Waals surface area contributed by atoms with Crippen LogP contribution in [0, 0.1) is 6.92 Å². The molecule has 0 saturated carbocycles. The van der Waals surface area contributed by atoms with Crippen molar-refractivity contribution in [1.82, 2.24) is 5.16 Å². The van der Waals surface area contributed by atoms with E-state index < -0.39 is 0 Å². The zero-order valence-corrected chi connectivity index (χ0v) is 12.0. The first-order chi connectivity index (χ1) is 9.70. The topological polar surface area (TPSA) is 61.3 Å².